The number of carboxylic acids is 2. The molecule has 0 bridgehead atoms. The van der Waals surface area contributed by atoms with Crippen molar-refractivity contribution in [3.63, 3.8) is 0 Å². The Balaban J connectivity index is 0.000000462. The average molecular weight is 953 g/mol. The number of esters is 2. The maximum atomic E-state index is 11.8. The number of methoxy groups -OCH3 is 2. The van der Waals surface area contributed by atoms with E-state index < -0.39 is 95.8 Å². The van der Waals surface area contributed by atoms with Crippen molar-refractivity contribution in [1.29, 1.82) is 0 Å². The first-order valence-corrected chi connectivity index (χ1v) is 20.8. The monoisotopic (exact) mass is 952 g/mol. The summed E-state index contributed by atoms with van der Waals surface area (Å²) in [6, 6.07) is 29.0. The van der Waals surface area contributed by atoms with E-state index in [1.54, 1.807) is 157 Å². The highest BCUT2D eigenvalue weighted by Crippen LogP contribution is 2.20. The highest BCUT2D eigenvalue weighted by Gasteiger charge is 2.33. The van der Waals surface area contributed by atoms with Gasteiger partial charge in [0.25, 0.3) is 0 Å². The minimum Gasteiger partial charge on any atom is -0.480 e. The molecule has 0 aliphatic carbocycles. The van der Waals surface area contributed by atoms with Gasteiger partial charge in [-0.15, -0.1) is 0 Å². The molecule has 4 aromatic carbocycles. The molecule has 8 atom stereocenters. The number of nitrogens with two attached hydrogens (primary N) is 2. The molecule has 0 aliphatic rings. The molecule has 0 radical (unpaired) electrons. The molecule has 0 spiro atoms. The quantitative estimate of drug-likeness (QED) is 0.0634. The van der Waals surface area contributed by atoms with E-state index in [1.807, 2.05) is 6.07 Å². The second-order valence-corrected chi connectivity index (χ2v) is 16.4. The summed E-state index contributed by atoms with van der Waals surface area (Å²) in [4.78, 5) is 67.8. The molecule has 12 N–H and O–H groups in total. The van der Waals surface area contributed by atoms with Crippen LogP contribution in [0, 0.1) is 0 Å². The standard InChI is InChI=1S/C15H21NO5.C14H19NO5.C10H13NO3.C9H11NO3/c1-15(2,3)21-14(19)16-11(13(18)20-4)12(17)10-8-6-5-7-9-10;1-14(2,3)20-13(19)15-10(12(17)18)11(16)9-7-5-4-6-8-9;1-14-10(13)8(11)9(12)7-5-3-2-4-6-7;10-7(9(12)13)8(11)6-4-2-1-3-5-6/h5-9,11-12,17H,1-4H3,(H,16,19);4-8,10-11,16H,1-3H3,(H,15,19)(H,17,18);2-6,8-9,12H,11H2,1H3;1-5,7-8,11H,10H2,(H,12,13)/t11-,12+;10-,11+;8-,9+;7-,8+/m0000/s1. The van der Waals surface area contributed by atoms with Crippen molar-refractivity contribution >= 4 is 36.1 Å². The first kappa shape index (κ1) is 59.1. The van der Waals surface area contributed by atoms with Crippen LogP contribution >= 0.6 is 0 Å². The second-order valence-electron chi connectivity index (χ2n) is 16.4. The second kappa shape index (κ2) is 29.0. The number of hydrogen-bond acceptors (Lipinski definition) is 16. The first-order chi connectivity index (χ1) is 31.7. The fourth-order valence-corrected chi connectivity index (χ4v) is 5.34. The van der Waals surface area contributed by atoms with Crippen molar-refractivity contribution in [2.75, 3.05) is 14.2 Å². The van der Waals surface area contributed by atoms with Crippen LogP contribution in [0.2, 0.25) is 0 Å². The number of benzene rings is 4. The van der Waals surface area contributed by atoms with Crippen LogP contribution in [0.15, 0.2) is 121 Å². The van der Waals surface area contributed by atoms with Crippen molar-refractivity contribution in [3.05, 3.63) is 144 Å². The van der Waals surface area contributed by atoms with E-state index in [0.717, 1.165) is 0 Å². The lowest BCUT2D eigenvalue weighted by Crippen LogP contribution is -2.47. The van der Waals surface area contributed by atoms with Gasteiger partial charge in [-0.25, -0.2) is 19.2 Å². The zero-order valence-corrected chi connectivity index (χ0v) is 39.1. The van der Waals surface area contributed by atoms with Gasteiger partial charge in [0, 0.05) is 0 Å². The molecule has 4 rings (SSSR count). The Morgan fingerprint density at radius 1 is 0.441 bits per heavy atom. The van der Waals surface area contributed by atoms with Crippen molar-refractivity contribution in [3.8, 4) is 0 Å². The summed E-state index contributed by atoms with van der Waals surface area (Å²) in [5.74, 6) is -3.93. The number of carboxylic acid groups (broad SMARTS) is 2. The number of amides is 2. The number of aliphatic hydroxyl groups excluding tert-OH is 4. The number of alkyl carbamates (subject to hydrolysis) is 2. The molecule has 0 heterocycles. The van der Waals surface area contributed by atoms with Crippen LogP contribution in [-0.2, 0) is 38.1 Å². The SMILES string of the molecule is CC(C)(C)OC(=O)N[C@H](C(=O)O)[C@H](O)c1ccccc1.COC(=O)[C@@H](N)[C@H](O)c1ccccc1.COC(=O)[C@@H](NC(=O)OC(C)(C)C)[C@H](O)c1ccccc1.N[C@H](C(=O)O)[C@H](O)c1ccccc1. The molecule has 4 aromatic rings. The molecule has 0 saturated carbocycles. The van der Waals surface area contributed by atoms with Gasteiger partial charge in [0.1, 0.15) is 47.7 Å². The molecule has 0 saturated heterocycles. The summed E-state index contributed by atoms with van der Waals surface area (Å²) in [7, 11) is 2.42. The Hall–Kier alpha value is -6.94. The van der Waals surface area contributed by atoms with E-state index in [0.29, 0.717) is 22.3 Å². The highest BCUT2D eigenvalue weighted by molar-refractivity contribution is 5.82. The zero-order chi connectivity index (χ0) is 51.8. The number of carbonyl (C=O) groups excluding carboxylic acids is 4. The fraction of sp³-hybridized carbons (Fsp3) is 0.375. The van der Waals surface area contributed by atoms with E-state index in [4.69, 9.17) is 31.2 Å². The summed E-state index contributed by atoms with van der Waals surface area (Å²) in [6.45, 7) is 10.1. The predicted octanol–water partition coefficient (Wildman–Crippen LogP) is 3.84. The van der Waals surface area contributed by atoms with Gasteiger partial charge < -0.3 is 71.7 Å². The van der Waals surface area contributed by atoms with Crippen molar-refractivity contribution in [1.82, 2.24) is 10.6 Å². The number of rotatable bonds is 14. The Morgan fingerprint density at radius 3 is 1.00 bits per heavy atom. The summed E-state index contributed by atoms with van der Waals surface area (Å²) in [6.07, 6.45) is -6.46. The van der Waals surface area contributed by atoms with Gasteiger partial charge in [-0.1, -0.05) is 121 Å². The Morgan fingerprint density at radius 2 is 0.721 bits per heavy atom. The molecule has 0 fully saturated rings. The lowest BCUT2D eigenvalue weighted by Gasteiger charge is -2.25. The smallest absolute Gasteiger partial charge is 0.408 e. The fourth-order valence-electron chi connectivity index (χ4n) is 5.34. The first-order valence-electron chi connectivity index (χ1n) is 20.8. The van der Waals surface area contributed by atoms with Gasteiger partial charge in [-0.2, -0.15) is 0 Å². The molecule has 20 heteroatoms. The lowest BCUT2D eigenvalue weighted by atomic mass is 10.0. The average Bonchev–Trinajstić information content (AvgIpc) is 3.31. The van der Waals surface area contributed by atoms with E-state index in [1.165, 1.54) is 14.2 Å². The summed E-state index contributed by atoms with van der Waals surface area (Å²) in [5.41, 5.74) is 11.3. The number of aliphatic hydroxyl groups is 4. The molecule has 0 aromatic heterocycles. The summed E-state index contributed by atoms with van der Waals surface area (Å²) < 4.78 is 19.1. The lowest BCUT2D eigenvalue weighted by molar-refractivity contribution is -0.146. The van der Waals surface area contributed by atoms with E-state index >= 15 is 0 Å². The van der Waals surface area contributed by atoms with Crippen LogP contribution in [0.5, 0.6) is 0 Å². The Labute approximate surface area is 394 Å². The number of hydrogen-bond donors (Lipinski definition) is 10. The third-order valence-corrected chi connectivity index (χ3v) is 8.70. The molecule has 0 unspecified atom stereocenters. The predicted molar refractivity (Wildman–Crippen MR) is 247 cm³/mol. The van der Waals surface area contributed by atoms with Crippen LogP contribution in [0.1, 0.15) is 88.2 Å². The van der Waals surface area contributed by atoms with Crippen LogP contribution in [0.4, 0.5) is 9.59 Å². The van der Waals surface area contributed by atoms with Crippen LogP contribution in [0.25, 0.3) is 0 Å². The maximum absolute atomic E-state index is 11.8. The van der Waals surface area contributed by atoms with Gasteiger partial charge in [0.2, 0.25) is 0 Å². The molecule has 68 heavy (non-hydrogen) atoms. The van der Waals surface area contributed by atoms with Gasteiger partial charge in [-0.05, 0) is 63.8 Å². The van der Waals surface area contributed by atoms with E-state index in [9.17, 15) is 49.2 Å². The van der Waals surface area contributed by atoms with Crippen LogP contribution in [-0.4, -0.2) is 116 Å². The third-order valence-electron chi connectivity index (χ3n) is 8.70. The highest BCUT2D eigenvalue weighted by atomic mass is 16.6. The van der Waals surface area contributed by atoms with Crippen molar-refractivity contribution in [2.24, 2.45) is 11.5 Å². The normalized spacial score (nSPS) is 14.3. The van der Waals surface area contributed by atoms with Crippen molar-refractivity contribution < 1.29 is 78.4 Å². The molecular weight excluding hydrogens is 889 g/mol. The van der Waals surface area contributed by atoms with Crippen molar-refractivity contribution in [2.45, 2.75) is 101 Å². The summed E-state index contributed by atoms with van der Waals surface area (Å²) >= 11 is 0. The molecule has 20 nitrogen and oxygen atoms in total. The topological polar surface area (TPSA) is 337 Å². The van der Waals surface area contributed by atoms with Crippen LogP contribution in [0.3, 0.4) is 0 Å². The van der Waals surface area contributed by atoms with Gasteiger partial charge in [-0.3, -0.25) is 9.59 Å². The van der Waals surface area contributed by atoms with E-state index in [-0.39, 0.29) is 0 Å². The molecule has 2 amide bonds. The van der Waals surface area contributed by atoms with Gasteiger partial charge in [0.15, 0.2) is 12.1 Å². The largest absolute Gasteiger partial charge is 0.480 e. The number of aliphatic carboxylic acids is 2. The molecular formula is C48H64N4O16. The molecule has 372 valence electrons. The Kier molecular flexibility index (Phi) is 25.2. The van der Waals surface area contributed by atoms with Crippen LogP contribution < -0.4 is 22.1 Å². The maximum Gasteiger partial charge on any atom is 0.408 e. The Bertz CT molecular complexity index is 2140. The third kappa shape index (κ3) is 22.0. The zero-order valence-electron chi connectivity index (χ0n) is 39.1. The minimum absolute atomic E-state index is 0.399. The molecule has 0 aliphatic heterocycles. The number of ether oxygens (including phenoxy) is 4. The number of carbonyl (C=O) groups is 6. The van der Waals surface area contributed by atoms with Gasteiger partial charge in [0.05, 0.1) is 14.2 Å². The minimum atomic E-state index is -1.48. The van der Waals surface area contributed by atoms with E-state index in [2.05, 4.69) is 20.1 Å². The van der Waals surface area contributed by atoms with Gasteiger partial charge >= 0.3 is 36.1 Å². The summed E-state index contributed by atoms with van der Waals surface area (Å²) in [5, 5.41) is 61.6. The number of nitrogens with one attached hydrogen (secondary N) is 2.